The summed E-state index contributed by atoms with van der Waals surface area (Å²) in [5.41, 5.74) is 1.08. The van der Waals surface area contributed by atoms with Gasteiger partial charge in [-0.3, -0.25) is 0 Å². The molecule has 2 heterocycles. The summed E-state index contributed by atoms with van der Waals surface area (Å²) in [7, 11) is 2.16. The Morgan fingerprint density at radius 3 is 2.81 bits per heavy atom. The Hall–Kier alpha value is -0.800. The lowest BCUT2D eigenvalue weighted by Gasteiger charge is -2.39. The molecule has 2 rings (SSSR count). The van der Waals surface area contributed by atoms with E-state index in [0.29, 0.717) is 11.9 Å². The second-order valence-electron chi connectivity index (χ2n) is 4.46. The van der Waals surface area contributed by atoms with Crippen LogP contribution in [0.25, 0.3) is 0 Å². The molecular weight excluding hydrogens is 222 g/mol. The molecule has 0 N–H and O–H groups in total. The van der Waals surface area contributed by atoms with Crippen molar-refractivity contribution in [1.29, 1.82) is 0 Å². The number of halogens is 1. The van der Waals surface area contributed by atoms with Crippen LogP contribution in [0.2, 0.25) is 0 Å². The van der Waals surface area contributed by atoms with Gasteiger partial charge in [0.15, 0.2) is 0 Å². The summed E-state index contributed by atoms with van der Waals surface area (Å²) in [5.74, 6) is 1.60. The van der Waals surface area contributed by atoms with E-state index in [-0.39, 0.29) is 0 Å². The average molecular weight is 240 g/mol. The maximum Gasteiger partial charge on any atom is 0.128 e. The minimum Gasteiger partial charge on any atom is -0.351 e. The number of alkyl halides is 1. The van der Waals surface area contributed by atoms with E-state index in [4.69, 9.17) is 11.6 Å². The van der Waals surface area contributed by atoms with Gasteiger partial charge in [0.05, 0.1) is 0 Å². The van der Waals surface area contributed by atoms with Gasteiger partial charge < -0.3 is 9.80 Å². The molecule has 1 saturated heterocycles. The maximum atomic E-state index is 5.75. The van der Waals surface area contributed by atoms with Gasteiger partial charge in [0, 0.05) is 37.8 Å². The van der Waals surface area contributed by atoms with Crippen LogP contribution in [0.4, 0.5) is 5.82 Å². The van der Waals surface area contributed by atoms with Crippen molar-refractivity contribution in [3.8, 4) is 0 Å². The first kappa shape index (κ1) is 11.7. The molecule has 0 radical (unpaired) electrons. The molecule has 0 bridgehead atoms. The molecule has 16 heavy (non-hydrogen) atoms. The molecule has 1 atom stereocenters. The molecule has 1 fully saturated rings. The van der Waals surface area contributed by atoms with Gasteiger partial charge in [0.1, 0.15) is 5.82 Å². The highest BCUT2D eigenvalue weighted by molar-refractivity contribution is 6.17. The lowest BCUT2D eigenvalue weighted by molar-refractivity contribution is 0.274. The number of anilines is 1. The number of rotatable bonds is 2. The Labute approximate surface area is 102 Å². The van der Waals surface area contributed by atoms with Crippen LogP contribution in [0.3, 0.4) is 0 Å². The number of aromatic nitrogens is 1. The minimum atomic E-state index is 0.521. The molecule has 1 aliphatic heterocycles. The van der Waals surface area contributed by atoms with E-state index in [1.165, 1.54) is 0 Å². The van der Waals surface area contributed by atoms with Crippen LogP contribution in [-0.2, 0) is 5.88 Å². The highest BCUT2D eigenvalue weighted by atomic mass is 35.5. The summed E-state index contributed by atoms with van der Waals surface area (Å²) in [4.78, 5) is 9.19. The quantitative estimate of drug-likeness (QED) is 0.736. The van der Waals surface area contributed by atoms with Crippen LogP contribution in [-0.4, -0.2) is 42.6 Å². The van der Waals surface area contributed by atoms with Crippen molar-refractivity contribution in [3.63, 3.8) is 0 Å². The van der Waals surface area contributed by atoms with Crippen molar-refractivity contribution in [2.24, 2.45) is 0 Å². The fourth-order valence-corrected chi connectivity index (χ4v) is 2.30. The highest BCUT2D eigenvalue weighted by Gasteiger charge is 2.22. The molecule has 1 aromatic rings. The Balaban J connectivity index is 2.11. The Morgan fingerprint density at radius 2 is 2.25 bits per heavy atom. The van der Waals surface area contributed by atoms with Crippen molar-refractivity contribution < 1.29 is 0 Å². The van der Waals surface area contributed by atoms with Crippen LogP contribution in [0, 0.1) is 0 Å². The van der Waals surface area contributed by atoms with Crippen molar-refractivity contribution in [2.45, 2.75) is 18.8 Å². The van der Waals surface area contributed by atoms with Gasteiger partial charge >= 0.3 is 0 Å². The number of pyridine rings is 1. The summed E-state index contributed by atoms with van der Waals surface area (Å²) >= 11 is 5.75. The molecule has 88 valence electrons. The van der Waals surface area contributed by atoms with E-state index in [0.717, 1.165) is 31.0 Å². The Morgan fingerprint density at radius 1 is 1.44 bits per heavy atom. The molecule has 1 unspecified atom stereocenters. The molecule has 4 heteroatoms. The number of hydrogen-bond donors (Lipinski definition) is 0. The molecular formula is C12H18ClN3. The first-order valence-corrected chi connectivity index (χ1v) is 6.20. The van der Waals surface area contributed by atoms with E-state index in [9.17, 15) is 0 Å². The number of piperazine rings is 1. The zero-order chi connectivity index (χ0) is 11.5. The third-order valence-electron chi connectivity index (χ3n) is 3.09. The zero-order valence-electron chi connectivity index (χ0n) is 9.86. The SMILES string of the molecule is CC1CN(C)CCN1c1ccc(CCl)cn1. The van der Waals surface area contributed by atoms with Crippen LogP contribution in [0.15, 0.2) is 18.3 Å². The van der Waals surface area contributed by atoms with Crippen molar-refractivity contribution in [1.82, 2.24) is 9.88 Å². The normalized spacial score (nSPS) is 22.4. The van der Waals surface area contributed by atoms with E-state index in [2.05, 4.69) is 40.9 Å². The zero-order valence-corrected chi connectivity index (χ0v) is 10.6. The van der Waals surface area contributed by atoms with Gasteiger partial charge in [-0.2, -0.15) is 0 Å². The summed E-state index contributed by atoms with van der Waals surface area (Å²) in [6.45, 7) is 5.49. The summed E-state index contributed by atoms with van der Waals surface area (Å²) in [6, 6.07) is 4.65. The lowest BCUT2D eigenvalue weighted by Crippen LogP contribution is -2.50. The summed E-state index contributed by atoms with van der Waals surface area (Å²) in [6.07, 6.45) is 1.87. The van der Waals surface area contributed by atoms with Gasteiger partial charge in [-0.05, 0) is 25.6 Å². The molecule has 1 aliphatic rings. The van der Waals surface area contributed by atoms with Crippen LogP contribution in [0.5, 0.6) is 0 Å². The predicted molar refractivity (Wildman–Crippen MR) is 68.1 cm³/mol. The van der Waals surface area contributed by atoms with Gasteiger partial charge in [-0.15, -0.1) is 11.6 Å². The number of nitrogens with zero attached hydrogens (tertiary/aromatic N) is 3. The summed E-state index contributed by atoms with van der Waals surface area (Å²) in [5, 5.41) is 0. The first-order valence-electron chi connectivity index (χ1n) is 5.67. The molecule has 0 aliphatic carbocycles. The first-order chi connectivity index (χ1) is 7.70. The molecule has 3 nitrogen and oxygen atoms in total. The molecule has 0 amide bonds. The number of likely N-dealkylation sites (N-methyl/N-ethyl adjacent to an activating group) is 1. The standard InChI is InChI=1S/C12H18ClN3/c1-10-9-15(2)5-6-16(10)12-4-3-11(7-13)8-14-12/h3-4,8,10H,5-7,9H2,1-2H3. The van der Waals surface area contributed by atoms with Gasteiger partial charge in [-0.25, -0.2) is 4.98 Å². The van der Waals surface area contributed by atoms with E-state index >= 15 is 0 Å². The second kappa shape index (κ2) is 5.02. The van der Waals surface area contributed by atoms with Crippen molar-refractivity contribution in [2.75, 3.05) is 31.6 Å². The lowest BCUT2D eigenvalue weighted by atomic mass is 10.2. The van der Waals surface area contributed by atoms with Crippen molar-refractivity contribution in [3.05, 3.63) is 23.9 Å². The van der Waals surface area contributed by atoms with E-state index in [1.54, 1.807) is 0 Å². The van der Waals surface area contributed by atoms with Crippen LogP contribution in [0.1, 0.15) is 12.5 Å². The van der Waals surface area contributed by atoms with Crippen LogP contribution >= 0.6 is 11.6 Å². The third-order valence-corrected chi connectivity index (χ3v) is 3.40. The summed E-state index contributed by atoms with van der Waals surface area (Å²) < 4.78 is 0. The second-order valence-corrected chi connectivity index (χ2v) is 4.73. The topological polar surface area (TPSA) is 19.4 Å². The predicted octanol–water partition coefficient (Wildman–Crippen LogP) is 1.96. The van der Waals surface area contributed by atoms with E-state index in [1.807, 2.05) is 6.20 Å². The van der Waals surface area contributed by atoms with Crippen LogP contribution < -0.4 is 4.90 Å². The van der Waals surface area contributed by atoms with Gasteiger partial charge in [0.25, 0.3) is 0 Å². The fourth-order valence-electron chi connectivity index (χ4n) is 2.15. The minimum absolute atomic E-state index is 0.521. The molecule has 0 spiro atoms. The molecule has 0 saturated carbocycles. The largest absolute Gasteiger partial charge is 0.351 e. The molecule has 0 aromatic carbocycles. The Bertz CT molecular complexity index is 339. The van der Waals surface area contributed by atoms with E-state index < -0.39 is 0 Å². The van der Waals surface area contributed by atoms with Gasteiger partial charge in [-0.1, -0.05) is 6.07 Å². The van der Waals surface area contributed by atoms with Crippen molar-refractivity contribution >= 4 is 17.4 Å². The average Bonchev–Trinajstić information content (AvgIpc) is 2.29. The monoisotopic (exact) mass is 239 g/mol. The Kier molecular flexibility index (Phi) is 3.66. The molecule has 1 aromatic heterocycles. The maximum absolute atomic E-state index is 5.75. The smallest absolute Gasteiger partial charge is 0.128 e. The number of hydrogen-bond acceptors (Lipinski definition) is 3. The van der Waals surface area contributed by atoms with Gasteiger partial charge in [0.2, 0.25) is 0 Å². The fraction of sp³-hybridized carbons (Fsp3) is 0.583. The third kappa shape index (κ3) is 2.47. The highest BCUT2D eigenvalue weighted by Crippen LogP contribution is 2.18.